The Morgan fingerprint density at radius 3 is 2.63 bits per heavy atom. The van der Waals surface area contributed by atoms with Crippen LogP contribution in [0.5, 0.6) is 0 Å². The normalized spacial score (nSPS) is 11.4. The molecule has 0 aliphatic carbocycles. The van der Waals surface area contributed by atoms with Crippen LogP contribution in [0.4, 0.5) is 4.39 Å². The number of H-pyrrole nitrogens is 2. The van der Waals surface area contributed by atoms with Crippen molar-refractivity contribution in [1.82, 2.24) is 40.0 Å². The highest BCUT2D eigenvalue weighted by atomic mass is 32.1. The molecule has 6 aromatic heterocycles. The van der Waals surface area contributed by atoms with Gasteiger partial charge in [0.15, 0.2) is 16.6 Å². The van der Waals surface area contributed by atoms with E-state index >= 15 is 0 Å². The summed E-state index contributed by atoms with van der Waals surface area (Å²) in [5, 5.41) is 8.02. The number of nitrogens with one attached hydrogen (secondary N) is 2. The molecule has 0 unspecified atom stereocenters. The van der Waals surface area contributed by atoms with E-state index in [2.05, 4.69) is 41.1 Å². The maximum atomic E-state index is 13.6. The van der Waals surface area contributed by atoms with Crippen molar-refractivity contribution in [2.45, 2.75) is 14.0 Å². The fraction of sp³-hybridized carbons (Fsp3) is 0.160. The molecular formula is C25H23FN8S. The first kappa shape index (κ1) is 22.8. The second-order valence-corrected chi connectivity index (χ2v) is 9.32. The number of thiophene rings is 1. The highest BCUT2D eigenvalue weighted by molar-refractivity contribution is 7.14. The van der Waals surface area contributed by atoms with Crippen molar-refractivity contribution in [1.29, 1.82) is 0 Å². The first-order valence-electron chi connectivity index (χ1n) is 10.6. The van der Waals surface area contributed by atoms with Gasteiger partial charge in [-0.15, -0.1) is 11.3 Å². The summed E-state index contributed by atoms with van der Waals surface area (Å²) in [7, 11) is 4.06. The molecule has 2 N–H and O–H groups in total. The van der Waals surface area contributed by atoms with Gasteiger partial charge in [-0.05, 0) is 43.9 Å². The van der Waals surface area contributed by atoms with Gasteiger partial charge >= 0.3 is 0 Å². The summed E-state index contributed by atoms with van der Waals surface area (Å²) in [6.45, 7) is 0.803. The van der Waals surface area contributed by atoms with Crippen LogP contribution in [-0.4, -0.2) is 54.1 Å². The third-order valence-corrected chi connectivity index (χ3v) is 6.41. The molecule has 6 rings (SSSR count). The Morgan fingerprint density at radius 2 is 1.83 bits per heavy atom. The van der Waals surface area contributed by atoms with Crippen LogP contribution in [-0.2, 0) is 6.54 Å². The predicted octanol–water partition coefficient (Wildman–Crippen LogP) is 5.52. The molecule has 0 aromatic carbocycles. The summed E-state index contributed by atoms with van der Waals surface area (Å²) < 4.78 is 13.6. The number of fused-ring (bicyclic) bond motifs is 2. The molecule has 176 valence electrons. The number of imidazole rings is 1. The monoisotopic (exact) mass is 486 g/mol. The minimum atomic E-state index is -0.245. The van der Waals surface area contributed by atoms with Crippen LogP contribution in [0.1, 0.15) is 13.0 Å². The number of nitrogens with zero attached hydrogens (tertiary/aromatic N) is 6. The Bertz CT molecular complexity index is 1650. The van der Waals surface area contributed by atoms with Crippen molar-refractivity contribution in [2.24, 2.45) is 0 Å². The Labute approximate surface area is 204 Å². The van der Waals surface area contributed by atoms with Gasteiger partial charge in [0, 0.05) is 52.9 Å². The van der Waals surface area contributed by atoms with E-state index in [9.17, 15) is 4.39 Å². The molecule has 0 aliphatic rings. The van der Waals surface area contributed by atoms with Gasteiger partial charge in [0.2, 0.25) is 0 Å². The Hall–Kier alpha value is -4.02. The molecule has 0 spiro atoms. The van der Waals surface area contributed by atoms with E-state index in [1.165, 1.54) is 6.07 Å². The standard InChI is InChI=1S/C24H19FN8S.CH4/c1-33(2)12-13-5-14(8-26-7-13)15-6-16-22(31-32-23(16)28-9-15)24-29-18-11-27-10-17(21(18)30-24)19-3-4-20(25)34-19;/h3-11H,12H2,1-2H3,(H,29,30)(H,28,31,32);1H4. The van der Waals surface area contributed by atoms with E-state index < -0.39 is 0 Å². The number of pyridine rings is 3. The van der Waals surface area contributed by atoms with Gasteiger partial charge in [0.25, 0.3) is 0 Å². The van der Waals surface area contributed by atoms with Crippen molar-refractivity contribution >= 4 is 33.4 Å². The SMILES string of the molecule is C.CN(C)Cc1cncc(-c2cnc3n[nH]c(-c4nc5c(-c6ccc(F)s6)cncc5[nH]4)c3c2)c1. The summed E-state index contributed by atoms with van der Waals surface area (Å²) in [5.74, 6) is 0.613. The second-order valence-electron chi connectivity index (χ2n) is 8.29. The maximum Gasteiger partial charge on any atom is 0.181 e. The average molecular weight is 487 g/mol. The Balaban J connectivity index is 0.00000253. The predicted molar refractivity (Wildman–Crippen MR) is 137 cm³/mol. The van der Waals surface area contributed by atoms with Gasteiger partial charge < -0.3 is 9.88 Å². The van der Waals surface area contributed by atoms with E-state index in [-0.39, 0.29) is 12.6 Å². The summed E-state index contributed by atoms with van der Waals surface area (Å²) in [5.41, 5.74) is 6.62. The van der Waals surface area contributed by atoms with Crippen LogP contribution in [0.15, 0.2) is 55.2 Å². The number of aromatic nitrogens is 7. The summed E-state index contributed by atoms with van der Waals surface area (Å²) >= 11 is 1.07. The Morgan fingerprint density at radius 1 is 1.00 bits per heavy atom. The van der Waals surface area contributed by atoms with Gasteiger partial charge in [0.1, 0.15) is 11.2 Å². The minimum absolute atomic E-state index is 0. The lowest BCUT2D eigenvalue weighted by Crippen LogP contribution is -2.10. The van der Waals surface area contributed by atoms with Crippen molar-refractivity contribution < 1.29 is 4.39 Å². The summed E-state index contributed by atoms with van der Waals surface area (Å²) in [6, 6.07) is 7.35. The van der Waals surface area contributed by atoms with Gasteiger partial charge in [-0.1, -0.05) is 7.43 Å². The lowest BCUT2D eigenvalue weighted by atomic mass is 10.1. The first-order valence-corrected chi connectivity index (χ1v) is 11.4. The van der Waals surface area contributed by atoms with E-state index in [0.29, 0.717) is 11.5 Å². The quantitative estimate of drug-likeness (QED) is 0.333. The van der Waals surface area contributed by atoms with Crippen molar-refractivity contribution in [3.05, 3.63) is 65.9 Å². The highest BCUT2D eigenvalue weighted by Gasteiger charge is 2.17. The fourth-order valence-electron chi connectivity index (χ4n) is 4.03. The smallest absolute Gasteiger partial charge is 0.181 e. The van der Waals surface area contributed by atoms with Gasteiger partial charge in [-0.3, -0.25) is 15.1 Å². The first-order chi connectivity index (χ1) is 16.5. The zero-order chi connectivity index (χ0) is 23.2. The lowest BCUT2D eigenvalue weighted by Gasteiger charge is -2.10. The van der Waals surface area contributed by atoms with Crippen LogP contribution in [0.3, 0.4) is 0 Å². The topological polar surface area (TPSA) is 99.3 Å². The molecule has 0 radical (unpaired) electrons. The van der Waals surface area contributed by atoms with Crippen LogP contribution in [0.2, 0.25) is 0 Å². The van der Waals surface area contributed by atoms with E-state index in [4.69, 9.17) is 4.98 Å². The molecule has 8 nitrogen and oxygen atoms in total. The van der Waals surface area contributed by atoms with Crippen molar-refractivity contribution in [3.63, 3.8) is 0 Å². The molecule has 6 heterocycles. The number of hydrogen-bond donors (Lipinski definition) is 2. The fourth-order valence-corrected chi connectivity index (χ4v) is 4.77. The van der Waals surface area contributed by atoms with E-state index in [0.717, 1.165) is 67.1 Å². The minimum Gasteiger partial charge on any atom is -0.335 e. The molecule has 0 atom stereocenters. The number of aromatic amines is 2. The number of hydrogen-bond acceptors (Lipinski definition) is 7. The van der Waals surface area contributed by atoms with Gasteiger partial charge in [-0.25, -0.2) is 9.97 Å². The maximum absolute atomic E-state index is 13.6. The molecular weight excluding hydrogens is 463 g/mol. The highest BCUT2D eigenvalue weighted by Crippen LogP contribution is 2.34. The average Bonchev–Trinajstić information content (AvgIpc) is 3.55. The van der Waals surface area contributed by atoms with Crippen LogP contribution >= 0.6 is 11.3 Å². The number of halogens is 1. The number of rotatable bonds is 5. The molecule has 0 bridgehead atoms. The molecule has 0 fully saturated rings. The Kier molecular flexibility index (Phi) is 5.83. The zero-order valence-electron chi connectivity index (χ0n) is 18.4. The molecule has 0 saturated heterocycles. The van der Waals surface area contributed by atoms with E-state index in [1.54, 1.807) is 24.7 Å². The molecule has 0 saturated carbocycles. The summed E-state index contributed by atoms with van der Waals surface area (Å²) in [4.78, 5) is 24.3. The van der Waals surface area contributed by atoms with E-state index in [1.807, 2.05) is 32.6 Å². The molecule has 0 aliphatic heterocycles. The van der Waals surface area contributed by atoms with Crippen LogP contribution in [0, 0.1) is 5.13 Å². The zero-order valence-corrected chi connectivity index (χ0v) is 19.2. The third-order valence-electron chi connectivity index (χ3n) is 5.51. The second kappa shape index (κ2) is 8.97. The van der Waals surface area contributed by atoms with Gasteiger partial charge in [-0.2, -0.15) is 9.49 Å². The van der Waals surface area contributed by atoms with Crippen molar-refractivity contribution in [3.8, 4) is 33.1 Å². The third kappa shape index (κ3) is 4.17. The van der Waals surface area contributed by atoms with Crippen molar-refractivity contribution in [2.75, 3.05) is 14.1 Å². The van der Waals surface area contributed by atoms with Crippen LogP contribution < -0.4 is 0 Å². The van der Waals surface area contributed by atoms with Crippen LogP contribution in [0.25, 0.3) is 55.2 Å². The lowest BCUT2D eigenvalue weighted by molar-refractivity contribution is 0.402. The largest absolute Gasteiger partial charge is 0.335 e. The summed E-state index contributed by atoms with van der Waals surface area (Å²) in [6.07, 6.45) is 8.93. The molecule has 6 aromatic rings. The molecule has 0 amide bonds. The van der Waals surface area contributed by atoms with Gasteiger partial charge in [0.05, 0.1) is 17.1 Å². The molecule has 35 heavy (non-hydrogen) atoms. The molecule has 10 heteroatoms.